The third kappa shape index (κ3) is 1.92. The molecule has 0 aromatic heterocycles. The van der Waals surface area contributed by atoms with Gasteiger partial charge in [-0.25, -0.2) is 0 Å². The maximum Gasteiger partial charge on any atom is -0.00388 e. The lowest BCUT2D eigenvalue weighted by Crippen LogP contribution is -2.00. The topological polar surface area (TPSA) is 0 Å². The minimum atomic E-state index is -0.142. The number of benzene rings is 1. The zero-order valence-corrected chi connectivity index (χ0v) is 10.5. The Morgan fingerprint density at radius 1 is 1.13 bits per heavy atom. The fourth-order valence-electron chi connectivity index (χ4n) is 1.95. The van der Waals surface area contributed by atoms with E-state index in [0.29, 0.717) is 5.41 Å². The molecule has 0 unspecified atom stereocenters. The van der Waals surface area contributed by atoms with E-state index < -0.39 is 0 Å². The summed E-state index contributed by atoms with van der Waals surface area (Å²) in [7, 11) is -0.142. The molecule has 15 heavy (non-hydrogen) atoms. The predicted molar refractivity (Wildman–Crippen MR) is 69.9 cm³/mol. The normalized spacial score (nSPS) is 20.3. The van der Waals surface area contributed by atoms with E-state index in [4.69, 9.17) is 0 Å². The average Bonchev–Trinajstić information content (AvgIpc) is 2.92. The van der Waals surface area contributed by atoms with E-state index in [-0.39, 0.29) is 7.92 Å². The minimum absolute atomic E-state index is 0.142. The fourth-order valence-corrected chi connectivity index (χ4v) is 4.46. The van der Waals surface area contributed by atoms with Gasteiger partial charge in [-0.3, -0.25) is 0 Å². The van der Waals surface area contributed by atoms with Gasteiger partial charge in [-0.05, 0) is 29.5 Å². The Morgan fingerprint density at radius 3 is 2.13 bits per heavy atom. The standard InChI is InChI=1S/C14H17P/c1-5-15-12(13(15)14(2,3)4)11-9-7-6-8-10-11/h5-10H,1H2,2-4H3/t15-/m0/s1. The van der Waals surface area contributed by atoms with Crippen molar-refractivity contribution < 1.29 is 0 Å². The smallest absolute Gasteiger partial charge is 0.00388 e. The second kappa shape index (κ2) is 3.61. The Morgan fingerprint density at radius 2 is 1.73 bits per heavy atom. The Balaban J connectivity index is 2.38. The maximum absolute atomic E-state index is 3.95. The largest absolute Gasteiger partial charge is 0.0980 e. The molecule has 0 nitrogen and oxygen atoms in total. The third-order valence-electron chi connectivity index (χ3n) is 2.60. The van der Waals surface area contributed by atoms with Crippen molar-refractivity contribution in [1.82, 2.24) is 0 Å². The highest BCUT2D eigenvalue weighted by atomic mass is 31.1. The Labute approximate surface area is 93.5 Å². The lowest BCUT2D eigenvalue weighted by Gasteiger charge is -2.13. The molecule has 1 aromatic rings. The van der Waals surface area contributed by atoms with Gasteiger partial charge in [-0.15, -0.1) is 0 Å². The van der Waals surface area contributed by atoms with Crippen molar-refractivity contribution in [3.63, 3.8) is 0 Å². The molecule has 0 fully saturated rings. The number of allylic oxidation sites excluding steroid dienone is 1. The summed E-state index contributed by atoms with van der Waals surface area (Å²) in [5.74, 6) is 2.12. The molecule has 0 saturated carbocycles. The summed E-state index contributed by atoms with van der Waals surface area (Å²) in [5, 5.41) is 3.16. The van der Waals surface area contributed by atoms with Gasteiger partial charge in [0.25, 0.3) is 0 Å². The molecule has 1 aliphatic heterocycles. The van der Waals surface area contributed by atoms with E-state index in [9.17, 15) is 0 Å². The van der Waals surface area contributed by atoms with Crippen molar-refractivity contribution in [1.29, 1.82) is 0 Å². The van der Waals surface area contributed by atoms with Gasteiger partial charge >= 0.3 is 0 Å². The molecular weight excluding hydrogens is 199 g/mol. The van der Waals surface area contributed by atoms with Gasteiger partial charge in [0, 0.05) is 0 Å². The highest BCUT2D eigenvalue weighted by Crippen LogP contribution is 2.79. The van der Waals surface area contributed by atoms with Gasteiger partial charge in [-0.1, -0.05) is 63.5 Å². The van der Waals surface area contributed by atoms with Gasteiger partial charge in [0.05, 0.1) is 0 Å². The first-order valence-electron chi connectivity index (χ1n) is 5.27. The molecular formula is C14H17P. The molecule has 1 atom stereocenters. The lowest BCUT2D eigenvalue weighted by atomic mass is 9.95. The minimum Gasteiger partial charge on any atom is -0.0980 e. The quantitative estimate of drug-likeness (QED) is 0.607. The van der Waals surface area contributed by atoms with E-state index in [1.54, 1.807) is 10.6 Å². The van der Waals surface area contributed by atoms with Crippen molar-refractivity contribution in [2.45, 2.75) is 20.8 Å². The van der Waals surface area contributed by atoms with Crippen LogP contribution in [0.4, 0.5) is 0 Å². The summed E-state index contributed by atoms with van der Waals surface area (Å²) in [5.41, 5.74) is 1.68. The van der Waals surface area contributed by atoms with Crippen molar-refractivity contribution in [3.8, 4) is 0 Å². The Hall–Kier alpha value is -0.870. The van der Waals surface area contributed by atoms with Crippen LogP contribution in [0, 0.1) is 5.41 Å². The average molecular weight is 216 g/mol. The van der Waals surface area contributed by atoms with Gasteiger partial charge in [0.1, 0.15) is 0 Å². The molecule has 0 radical (unpaired) electrons. The van der Waals surface area contributed by atoms with Crippen LogP contribution in [-0.2, 0) is 0 Å². The van der Waals surface area contributed by atoms with E-state index in [2.05, 4.69) is 63.5 Å². The van der Waals surface area contributed by atoms with E-state index in [1.165, 1.54) is 5.56 Å². The molecule has 78 valence electrons. The summed E-state index contributed by atoms with van der Waals surface area (Å²) in [6, 6.07) is 10.7. The molecule has 1 aliphatic rings. The zero-order chi connectivity index (χ0) is 11.1. The first kappa shape index (κ1) is 10.6. The lowest BCUT2D eigenvalue weighted by molar-refractivity contribution is 0.539. The van der Waals surface area contributed by atoms with Gasteiger partial charge in [-0.2, -0.15) is 0 Å². The number of rotatable bonds is 2. The molecule has 0 aliphatic carbocycles. The molecule has 0 spiro atoms. The second-order valence-corrected chi connectivity index (χ2v) is 6.87. The summed E-state index contributed by atoms with van der Waals surface area (Å²) in [6.07, 6.45) is 0. The van der Waals surface area contributed by atoms with Crippen LogP contribution < -0.4 is 0 Å². The van der Waals surface area contributed by atoms with Crippen LogP contribution >= 0.6 is 7.92 Å². The predicted octanol–water partition coefficient (Wildman–Crippen LogP) is 5.04. The SMILES string of the molecule is C=C[P@@]1C(c2ccccc2)=C1C(C)(C)C. The summed E-state index contributed by atoms with van der Waals surface area (Å²) >= 11 is 0. The van der Waals surface area contributed by atoms with Gasteiger partial charge in [0.2, 0.25) is 0 Å². The van der Waals surface area contributed by atoms with Crippen LogP contribution in [-0.4, -0.2) is 0 Å². The van der Waals surface area contributed by atoms with Crippen LogP contribution in [0.2, 0.25) is 0 Å². The molecule has 1 heteroatoms. The molecule has 0 saturated heterocycles. The fraction of sp³-hybridized carbons (Fsp3) is 0.286. The van der Waals surface area contributed by atoms with Crippen molar-refractivity contribution in [2.24, 2.45) is 5.41 Å². The van der Waals surface area contributed by atoms with Crippen molar-refractivity contribution in [3.05, 3.63) is 53.6 Å². The second-order valence-electron chi connectivity index (χ2n) is 4.87. The zero-order valence-electron chi connectivity index (χ0n) is 9.62. The molecule has 0 amide bonds. The maximum atomic E-state index is 3.95. The van der Waals surface area contributed by atoms with Crippen LogP contribution in [0.1, 0.15) is 26.3 Å². The van der Waals surface area contributed by atoms with E-state index in [1.807, 2.05) is 0 Å². The Bertz CT molecular complexity index is 407. The van der Waals surface area contributed by atoms with Crippen LogP contribution in [0.5, 0.6) is 0 Å². The summed E-state index contributed by atoms with van der Waals surface area (Å²) < 4.78 is 0. The van der Waals surface area contributed by atoms with Crippen LogP contribution in [0.15, 0.2) is 48.0 Å². The molecule has 0 bridgehead atoms. The summed E-state index contributed by atoms with van der Waals surface area (Å²) in [6.45, 7) is 10.8. The molecule has 2 rings (SSSR count). The van der Waals surface area contributed by atoms with E-state index in [0.717, 1.165) is 0 Å². The number of hydrogen-bond donors (Lipinski definition) is 0. The third-order valence-corrected chi connectivity index (χ3v) is 5.08. The van der Waals surface area contributed by atoms with Crippen LogP contribution in [0.3, 0.4) is 0 Å². The monoisotopic (exact) mass is 216 g/mol. The highest BCUT2D eigenvalue weighted by Gasteiger charge is 2.41. The van der Waals surface area contributed by atoms with Crippen molar-refractivity contribution in [2.75, 3.05) is 0 Å². The molecule has 0 N–H and O–H groups in total. The molecule has 1 heterocycles. The Kier molecular flexibility index (Phi) is 2.56. The van der Waals surface area contributed by atoms with Crippen LogP contribution in [0.25, 0.3) is 5.31 Å². The van der Waals surface area contributed by atoms with E-state index >= 15 is 0 Å². The highest BCUT2D eigenvalue weighted by molar-refractivity contribution is 7.84. The van der Waals surface area contributed by atoms with Crippen molar-refractivity contribution >= 4 is 13.2 Å². The van der Waals surface area contributed by atoms with Gasteiger partial charge < -0.3 is 0 Å². The number of hydrogen-bond acceptors (Lipinski definition) is 0. The summed E-state index contributed by atoms with van der Waals surface area (Å²) in [4.78, 5) is 0. The molecule has 1 aromatic carbocycles. The first-order valence-corrected chi connectivity index (χ1v) is 6.69. The first-order chi connectivity index (χ1) is 7.05. The van der Waals surface area contributed by atoms with Gasteiger partial charge in [0.15, 0.2) is 0 Å².